The molecule has 0 unspecified atom stereocenters. The van der Waals surface area contributed by atoms with Gasteiger partial charge in [-0.2, -0.15) is 0 Å². The van der Waals surface area contributed by atoms with Gasteiger partial charge in [0.2, 0.25) is 0 Å². The third-order valence-electron chi connectivity index (χ3n) is 17.9. The number of fused-ring (bicyclic) bond motifs is 2. The zero-order valence-electron chi connectivity index (χ0n) is 53.3. The second-order valence-electron chi connectivity index (χ2n) is 24.5. The summed E-state index contributed by atoms with van der Waals surface area (Å²) in [6.45, 7) is 0. The molecule has 0 aromatic heterocycles. The lowest BCUT2D eigenvalue weighted by atomic mass is 9.93. The van der Waals surface area contributed by atoms with E-state index in [-0.39, 0.29) is 19.6 Å². The summed E-state index contributed by atoms with van der Waals surface area (Å²) in [5.74, 6) is 0. The predicted octanol–water partition coefficient (Wildman–Crippen LogP) is 13.5. The molecule has 98 heavy (non-hydrogen) atoms. The Morgan fingerprint density at radius 3 is 0.622 bits per heavy atom. The van der Waals surface area contributed by atoms with Crippen LogP contribution in [0.4, 0.5) is 0 Å². The average Bonchev–Trinajstić information content (AvgIpc) is 0.731. The first kappa shape index (κ1) is 69.6. The van der Waals surface area contributed by atoms with Gasteiger partial charge in [-0.25, -0.2) is 33.7 Å². The van der Waals surface area contributed by atoms with Crippen molar-refractivity contribution in [1.29, 1.82) is 0 Å². The molecular formula is C80H68O12P2S4-4. The molecular weight excluding hydrogens is 1340 g/mol. The van der Waals surface area contributed by atoms with E-state index in [0.717, 1.165) is 150 Å². The molecule has 0 aliphatic rings. The molecule has 0 bridgehead atoms. The van der Waals surface area contributed by atoms with Crippen molar-refractivity contribution in [1.82, 2.24) is 0 Å². The fourth-order valence-corrected chi connectivity index (χ4v) is 19.5. The van der Waals surface area contributed by atoms with Crippen LogP contribution < -0.4 is 31.8 Å². The Morgan fingerprint density at radius 2 is 0.418 bits per heavy atom. The van der Waals surface area contributed by atoms with Crippen LogP contribution in [-0.4, -0.2) is 51.9 Å². The first-order chi connectivity index (χ1) is 47.1. The third-order valence-corrected chi connectivity index (χ3v) is 26.3. The molecule has 18 heteroatoms. The maximum atomic E-state index is 11.6. The minimum Gasteiger partial charge on any atom is -0.744 e. The van der Waals surface area contributed by atoms with E-state index < -0.39 is 56.3 Å². The number of hydrogen-bond donors (Lipinski definition) is 0. The Labute approximate surface area is 576 Å². The number of benzene rings is 12. The third kappa shape index (κ3) is 17.2. The molecule has 0 amide bonds. The van der Waals surface area contributed by atoms with E-state index in [9.17, 15) is 51.9 Å². The molecule has 12 aromatic carbocycles. The first-order valence-electron chi connectivity index (χ1n) is 32.3. The smallest absolute Gasteiger partial charge is 0.124 e. The highest BCUT2D eigenvalue weighted by atomic mass is 32.2. The Balaban J connectivity index is 0.941. The van der Waals surface area contributed by atoms with Gasteiger partial charge in [0.25, 0.3) is 0 Å². The number of hydrogen-bond acceptors (Lipinski definition) is 12. The fraction of sp³-hybridized carbons (Fsp3) is 0.150. The molecule has 0 heterocycles. The predicted molar refractivity (Wildman–Crippen MR) is 390 cm³/mol. The fourth-order valence-electron chi connectivity index (χ4n) is 12.8. The SMILES string of the molecule is O=S(=O)([O-])c1ccc(CCCc2ccc(P(c3ccc(CCCc4ccc(S(=O)(=O)[O-])cc4)cc3)c3ccc4ccccc4c3-c3c(P(c4ccc(CCCc5ccc(S(=O)(=O)[O-])cc5)cc4)c4ccc(CCCc5ccc(S(=O)(=O)[O-])cc5)cc4)ccc4ccccc34)cc2)cc1. The molecule has 12 rings (SSSR count). The summed E-state index contributed by atoms with van der Waals surface area (Å²) < 4.78 is 140. The zero-order valence-corrected chi connectivity index (χ0v) is 58.4. The van der Waals surface area contributed by atoms with E-state index in [0.29, 0.717) is 25.7 Å². The van der Waals surface area contributed by atoms with E-state index >= 15 is 0 Å². The van der Waals surface area contributed by atoms with Crippen LogP contribution in [0.15, 0.2) is 287 Å². The van der Waals surface area contributed by atoms with Gasteiger partial charge >= 0.3 is 0 Å². The van der Waals surface area contributed by atoms with Gasteiger partial charge in [0.05, 0.1) is 19.6 Å². The molecule has 0 fully saturated rings. The summed E-state index contributed by atoms with van der Waals surface area (Å²) in [4.78, 5) is -0.989. The second-order valence-corrected chi connectivity index (χ2v) is 34.4. The lowest BCUT2D eigenvalue weighted by Gasteiger charge is -2.29. The van der Waals surface area contributed by atoms with E-state index in [1.807, 2.05) is 0 Å². The van der Waals surface area contributed by atoms with Crippen LogP contribution in [0, 0.1) is 0 Å². The van der Waals surface area contributed by atoms with E-state index in [4.69, 9.17) is 0 Å². The molecule has 0 aliphatic heterocycles. The Hall–Kier alpha value is -8.34. The highest BCUT2D eigenvalue weighted by molar-refractivity contribution is 7.86. The summed E-state index contributed by atoms with van der Waals surface area (Å²) >= 11 is 0. The lowest BCUT2D eigenvalue weighted by molar-refractivity contribution is 0.461. The molecule has 0 saturated carbocycles. The Kier molecular flexibility index (Phi) is 21.6. The van der Waals surface area contributed by atoms with Gasteiger partial charge in [0.1, 0.15) is 40.5 Å². The van der Waals surface area contributed by atoms with Crippen molar-refractivity contribution < 1.29 is 51.9 Å². The van der Waals surface area contributed by atoms with E-state index in [1.165, 1.54) is 59.1 Å². The van der Waals surface area contributed by atoms with Crippen LogP contribution in [0.25, 0.3) is 32.7 Å². The molecule has 12 nitrogen and oxygen atoms in total. The lowest BCUT2D eigenvalue weighted by Crippen LogP contribution is -2.26. The normalized spacial score (nSPS) is 12.3. The van der Waals surface area contributed by atoms with Crippen LogP contribution in [0.1, 0.15) is 70.2 Å². The van der Waals surface area contributed by atoms with Crippen molar-refractivity contribution in [3.63, 3.8) is 0 Å². The highest BCUT2D eigenvalue weighted by Crippen LogP contribution is 2.46. The average molecular weight is 1410 g/mol. The van der Waals surface area contributed by atoms with Crippen molar-refractivity contribution in [2.45, 2.75) is 96.6 Å². The maximum Gasteiger partial charge on any atom is 0.124 e. The van der Waals surface area contributed by atoms with Crippen LogP contribution >= 0.6 is 15.8 Å². The van der Waals surface area contributed by atoms with Crippen LogP contribution in [0.2, 0.25) is 0 Å². The Bertz CT molecular complexity index is 4690. The van der Waals surface area contributed by atoms with Crippen molar-refractivity contribution in [2.75, 3.05) is 0 Å². The second kappa shape index (κ2) is 30.4. The van der Waals surface area contributed by atoms with Crippen molar-refractivity contribution in [3.8, 4) is 11.1 Å². The van der Waals surface area contributed by atoms with Crippen molar-refractivity contribution in [2.24, 2.45) is 0 Å². The molecule has 12 aromatic rings. The van der Waals surface area contributed by atoms with Crippen LogP contribution in [0.5, 0.6) is 0 Å². The summed E-state index contributed by atoms with van der Waals surface area (Å²) in [5, 5.41) is 11.4. The molecule has 0 radical (unpaired) electrons. The monoisotopic (exact) mass is 1410 g/mol. The quantitative estimate of drug-likeness (QED) is 0.0346. The zero-order chi connectivity index (χ0) is 68.6. The minimum atomic E-state index is -4.55. The van der Waals surface area contributed by atoms with Gasteiger partial charge in [-0.15, -0.1) is 0 Å². The van der Waals surface area contributed by atoms with Crippen LogP contribution in [0.3, 0.4) is 0 Å². The van der Waals surface area contributed by atoms with Crippen LogP contribution in [-0.2, 0) is 91.8 Å². The van der Waals surface area contributed by atoms with Gasteiger partial charge in [-0.05, 0) is 250 Å². The van der Waals surface area contributed by atoms with Gasteiger partial charge in [-0.1, -0.05) is 218 Å². The Morgan fingerprint density at radius 1 is 0.224 bits per heavy atom. The number of rotatable bonds is 27. The minimum absolute atomic E-state index is 0.247. The molecule has 0 N–H and O–H groups in total. The van der Waals surface area contributed by atoms with E-state index in [2.05, 4.69) is 170 Å². The summed E-state index contributed by atoms with van der Waals surface area (Å²) in [5.41, 5.74) is 10.7. The van der Waals surface area contributed by atoms with Crippen molar-refractivity contribution >= 4 is 110 Å². The standard InChI is InChI=1S/C80H72O12P2S4/c81-95(82,83)71-47-29-61(30-48-71)13-5-9-57-21-39-67(40-22-57)93(68-41-23-58(24-42-68)10-6-14-62-31-49-72(50-32-62)96(84,85)86)77-55-37-65-17-1-3-19-75(65)79(77)80-76-20-4-2-18-66(76)38-56-78(80)94(69-43-25-59(26-44-69)11-7-15-63-33-51-73(52-34-63)97(87,88)89)70-45-27-60(28-46-70)12-8-16-64-35-53-74(54-36-64)98(90,91)92/h1-4,17-56H,5-16H2,(H,81,82,83)(H,84,85,86)(H,87,88,89)(H,90,91,92)/p-4. The first-order valence-corrected chi connectivity index (χ1v) is 40.6. The summed E-state index contributed by atoms with van der Waals surface area (Å²) in [6.07, 6.45) is 9.06. The topological polar surface area (TPSA) is 229 Å². The molecule has 0 saturated heterocycles. The molecule has 498 valence electrons. The van der Waals surface area contributed by atoms with Gasteiger partial charge < -0.3 is 18.2 Å². The molecule has 0 spiro atoms. The molecule has 0 aliphatic carbocycles. The highest BCUT2D eigenvalue weighted by Gasteiger charge is 2.29. The summed E-state index contributed by atoms with van der Waals surface area (Å²) in [6, 6.07) is 86.8. The largest absolute Gasteiger partial charge is 0.744 e. The van der Waals surface area contributed by atoms with Gasteiger partial charge in [0.15, 0.2) is 0 Å². The van der Waals surface area contributed by atoms with Crippen molar-refractivity contribution in [3.05, 3.63) is 311 Å². The van der Waals surface area contributed by atoms with E-state index in [1.54, 1.807) is 48.5 Å². The van der Waals surface area contributed by atoms with Gasteiger partial charge in [-0.3, -0.25) is 0 Å². The molecule has 0 atom stereocenters. The van der Waals surface area contributed by atoms with Gasteiger partial charge in [0, 0.05) is 0 Å². The number of aryl methyl sites for hydroxylation is 8. The summed E-state index contributed by atoms with van der Waals surface area (Å²) in [7, 11) is -20.8. The maximum absolute atomic E-state index is 11.6.